The fourth-order valence-electron chi connectivity index (χ4n) is 6.76. The Labute approximate surface area is 260 Å². The van der Waals surface area contributed by atoms with E-state index in [1.807, 2.05) is 4.90 Å². The predicted octanol–water partition coefficient (Wildman–Crippen LogP) is 5.21. The van der Waals surface area contributed by atoms with Crippen molar-refractivity contribution in [3.63, 3.8) is 0 Å². The minimum atomic E-state index is -0.938. The topological polar surface area (TPSA) is 101 Å². The summed E-state index contributed by atoms with van der Waals surface area (Å²) in [5.41, 5.74) is 5.82. The van der Waals surface area contributed by atoms with Gasteiger partial charge in [-0.3, -0.25) is 9.69 Å². The van der Waals surface area contributed by atoms with E-state index in [2.05, 4.69) is 26.4 Å². The number of benzene rings is 2. The lowest BCUT2D eigenvalue weighted by Crippen LogP contribution is -2.60. The Morgan fingerprint density at radius 2 is 2.07 bits per heavy atom. The van der Waals surface area contributed by atoms with Gasteiger partial charge in [0.05, 0.1) is 26.8 Å². The summed E-state index contributed by atoms with van der Waals surface area (Å²) in [5.74, 6) is -1.09. The molecular weight excluding hydrogens is 615 g/mol. The van der Waals surface area contributed by atoms with E-state index in [0.717, 1.165) is 30.7 Å². The average molecular weight is 644 g/mol. The van der Waals surface area contributed by atoms with Gasteiger partial charge in [-0.15, -0.1) is 0 Å². The van der Waals surface area contributed by atoms with Gasteiger partial charge in [0.1, 0.15) is 29.9 Å². The molecule has 7 rings (SSSR count). The SMILES string of the molecule is C=CC(=O)N1CC(N(C)c2nc(OC[C@@]34CCCN3C[C@H](F)C4)nc3c(F)c(-c4ccc(F)c5sc(N)nc45)c(Cl)cc23)C1. The third-order valence-electron chi connectivity index (χ3n) is 9.08. The number of ether oxygens (including phenoxy) is 1. The molecule has 2 N–H and O–H groups in total. The van der Waals surface area contributed by atoms with Gasteiger partial charge in [0.2, 0.25) is 5.91 Å². The highest BCUT2D eigenvalue weighted by atomic mass is 35.5. The second kappa shape index (κ2) is 10.7. The van der Waals surface area contributed by atoms with E-state index in [9.17, 15) is 13.6 Å². The highest BCUT2D eigenvalue weighted by Gasteiger charge is 2.49. The monoisotopic (exact) mass is 643 g/mol. The van der Waals surface area contributed by atoms with Crippen LogP contribution < -0.4 is 15.4 Å². The van der Waals surface area contributed by atoms with Crippen molar-refractivity contribution >= 4 is 60.9 Å². The minimum Gasteiger partial charge on any atom is -0.461 e. The van der Waals surface area contributed by atoms with Crippen molar-refractivity contribution in [3.05, 3.63) is 47.5 Å². The van der Waals surface area contributed by atoms with Crippen LogP contribution in [-0.2, 0) is 4.79 Å². The number of thiazole rings is 1. The molecule has 3 aliphatic heterocycles. The molecule has 0 unspecified atom stereocenters. The van der Waals surface area contributed by atoms with Crippen LogP contribution in [0.5, 0.6) is 6.01 Å². The number of nitrogens with zero attached hydrogens (tertiary/aromatic N) is 6. The van der Waals surface area contributed by atoms with E-state index in [4.69, 9.17) is 22.1 Å². The standard InChI is InChI=1S/C30H29ClF3N7O2S/c1-3-21(42)40-12-16(13-40)39(2)27-18-9-19(31)22(17-5-6-20(33)26-25(17)36-28(35)44-26)23(34)24(18)37-29(38-27)43-14-30-7-4-8-41(30)11-15(32)10-30/h3,5-6,9,15-16H,1,4,7-8,10-14H2,2H3,(H2,35,36)/t15-,30+/m1/s1. The zero-order chi connectivity index (χ0) is 30.9. The van der Waals surface area contributed by atoms with Crippen LogP contribution in [-0.4, -0.2) is 88.2 Å². The maximum absolute atomic E-state index is 16.7. The van der Waals surface area contributed by atoms with Gasteiger partial charge in [-0.25, -0.2) is 18.2 Å². The van der Waals surface area contributed by atoms with Crippen molar-refractivity contribution < 1.29 is 22.7 Å². The van der Waals surface area contributed by atoms with Gasteiger partial charge in [0, 0.05) is 49.6 Å². The molecule has 44 heavy (non-hydrogen) atoms. The first-order valence-electron chi connectivity index (χ1n) is 14.3. The molecule has 3 fully saturated rings. The lowest BCUT2D eigenvalue weighted by atomic mass is 9.95. The number of nitrogen functional groups attached to an aromatic ring is 1. The van der Waals surface area contributed by atoms with E-state index in [1.165, 1.54) is 18.2 Å². The number of carbonyl (C=O) groups excluding carboxylic acids is 1. The van der Waals surface area contributed by atoms with Crippen LogP contribution in [0.2, 0.25) is 5.02 Å². The second-order valence-electron chi connectivity index (χ2n) is 11.7. The molecule has 5 heterocycles. The van der Waals surface area contributed by atoms with Crippen molar-refractivity contribution in [3.8, 4) is 17.1 Å². The first kappa shape index (κ1) is 29.1. The normalized spacial score (nSPS) is 22.0. The van der Waals surface area contributed by atoms with Crippen LogP contribution in [0.3, 0.4) is 0 Å². The van der Waals surface area contributed by atoms with Crippen molar-refractivity contribution in [1.29, 1.82) is 0 Å². The van der Waals surface area contributed by atoms with Crippen molar-refractivity contribution in [2.75, 3.05) is 50.5 Å². The molecule has 4 aromatic rings. The Bertz CT molecular complexity index is 1830. The smallest absolute Gasteiger partial charge is 0.319 e. The molecule has 9 nitrogen and oxygen atoms in total. The van der Waals surface area contributed by atoms with Crippen LogP contribution in [0.15, 0.2) is 30.9 Å². The van der Waals surface area contributed by atoms with Crippen LogP contribution in [0, 0.1) is 11.6 Å². The first-order chi connectivity index (χ1) is 21.1. The number of nitrogens with two attached hydrogens (primary N) is 1. The molecule has 0 saturated carbocycles. The maximum atomic E-state index is 16.7. The third kappa shape index (κ3) is 4.63. The maximum Gasteiger partial charge on any atom is 0.319 e. The number of likely N-dealkylation sites (N-methyl/N-ethyl adjacent to an activating group) is 1. The summed E-state index contributed by atoms with van der Waals surface area (Å²) in [7, 11) is 1.80. The van der Waals surface area contributed by atoms with Crippen LogP contribution in [0.1, 0.15) is 19.3 Å². The minimum absolute atomic E-state index is 0.00394. The number of rotatable bonds is 7. The van der Waals surface area contributed by atoms with E-state index in [-0.39, 0.29) is 61.6 Å². The van der Waals surface area contributed by atoms with E-state index in [1.54, 1.807) is 18.0 Å². The van der Waals surface area contributed by atoms with E-state index in [0.29, 0.717) is 37.3 Å². The number of hydrogen-bond acceptors (Lipinski definition) is 9. The number of hydrogen-bond donors (Lipinski definition) is 1. The van der Waals surface area contributed by atoms with Gasteiger partial charge < -0.3 is 20.3 Å². The average Bonchev–Trinajstić information content (AvgIpc) is 3.63. The molecule has 2 aromatic heterocycles. The number of alkyl halides is 1. The molecule has 3 saturated heterocycles. The van der Waals surface area contributed by atoms with Crippen molar-refractivity contribution in [2.45, 2.75) is 37.0 Å². The number of likely N-dealkylation sites (tertiary alicyclic amines) is 1. The summed E-state index contributed by atoms with van der Waals surface area (Å²) in [6.45, 7) is 5.70. The van der Waals surface area contributed by atoms with Crippen LogP contribution in [0.25, 0.3) is 32.2 Å². The molecule has 0 aliphatic carbocycles. The summed E-state index contributed by atoms with van der Waals surface area (Å²) in [6.07, 6.45) is 2.40. The fourth-order valence-corrected chi connectivity index (χ4v) is 7.82. The van der Waals surface area contributed by atoms with Crippen molar-refractivity contribution in [2.24, 2.45) is 0 Å². The number of aromatic nitrogens is 3. The zero-order valence-corrected chi connectivity index (χ0v) is 25.4. The molecule has 0 radical (unpaired) electrons. The summed E-state index contributed by atoms with van der Waals surface area (Å²) < 4.78 is 52.0. The summed E-state index contributed by atoms with van der Waals surface area (Å²) in [4.78, 5) is 31.1. The lowest BCUT2D eigenvalue weighted by Gasteiger charge is -2.44. The number of carbonyl (C=O) groups is 1. The molecule has 14 heteroatoms. The molecule has 2 aromatic carbocycles. The second-order valence-corrected chi connectivity index (χ2v) is 13.1. The highest BCUT2D eigenvalue weighted by Crippen LogP contribution is 2.44. The zero-order valence-electron chi connectivity index (χ0n) is 23.8. The van der Waals surface area contributed by atoms with Gasteiger partial charge in [0.15, 0.2) is 10.9 Å². The number of amides is 1. The Balaban J connectivity index is 1.33. The summed E-state index contributed by atoms with van der Waals surface area (Å²) in [6, 6.07) is 4.04. The molecule has 0 spiro atoms. The Morgan fingerprint density at radius 1 is 1.27 bits per heavy atom. The Morgan fingerprint density at radius 3 is 2.84 bits per heavy atom. The van der Waals surface area contributed by atoms with Gasteiger partial charge in [0.25, 0.3) is 0 Å². The van der Waals surface area contributed by atoms with Gasteiger partial charge in [-0.05, 0) is 43.7 Å². The lowest BCUT2D eigenvalue weighted by molar-refractivity contribution is -0.130. The highest BCUT2D eigenvalue weighted by molar-refractivity contribution is 7.22. The van der Waals surface area contributed by atoms with E-state index < -0.39 is 23.3 Å². The first-order valence-corrected chi connectivity index (χ1v) is 15.5. The number of fused-ring (bicyclic) bond motifs is 3. The van der Waals surface area contributed by atoms with Gasteiger partial charge in [-0.1, -0.05) is 29.5 Å². The molecule has 2 atom stereocenters. The van der Waals surface area contributed by atoms with Crippen LogP contribution >= 0.6 is 22.9 Å². The van der Waals surface area contributed by atoms with Crippen LogP contribution in [0.4, 0.5) is 24.1 Å². The van der Waals surface area contributed by atoms with Crippen molar-refractivity contribution in [1.82, 2.24) is 24.8 Å². The molecule has 230 valence electrons. The molecule has 3 aliphatic rings. The Hall–Kier alpha value is -3.68. The number of halogens is 4. The quantitative estimate of drug-likeness (QED) is 0.274. The number of anilines is 2. The largest absolute Gasteiger partial charge is 0.461 e. The van der Waals surface area contributed by atoms with E-state index >= 15 is 4.39 Å². The summed E-state index contributed by atoms with van der Waals surface area (Å²) >= 11 is 7.70. The molecular formula is C30H29ClF3N7O2S. The Kier molecular flexibility index (Phi) is 7.09. The van der Waals surface area contributed by atoms with Gasteiger partial charge in [-0.2, -0.15) is 9.97 Å². The summed E-state index contributed by atoms with van der Waals surface area (Å²) in [5, 5.41) is 0.526. The van der Waals surface area contributed by atoms with Gasteiger partial charge >= 0.3 is 6.01 Å². The molecule has 0 bridgehead atoms. The fraction of sp³-hybridized carbons (Fsp3) is 0.400. The third-order valence-corrected chi connectivity index (χ3v) is 10.3. The predicted molar refractivity (Wildman–Crippen MR) is 165 cm³/mol. The molecule has 1 amide bonds.